The Balaban J connectivity index is 1.31. The SMILES string of the molecule is CCN(C[C@H]1CN(C(=O)C2CCN(C(=O)C3(C)CC3)CC2)C[C@@H]1c1ccc(Cl)c(Cl)c1)c1ccc(C(F)(F)F)cn1. The number of carbonyl (C=O) groups excluding carboxylic acids is 2. The third kappa shape index (κ3) is 6.46. The molecule has 2 amide bonds. The van der Waals surface area contributed by atoms with Crippen molar-refractivity contribution in [2.24, 2.45) is 17.3 Å². The van der Waals surface area contributed by atoms with Crippen molar-refractivity contribution in [2.75, 3.05) is 44.2 Å². The molecular weight excluding hydrogens is 576 g/mol. The Labute approximate surface area is 248 Å². The highest BCUT2D eigenvalue weighted by Crippen LogP contribution is 2.47. The Kier molecular flexibility index (Phi) is 8.50. The molecule has 3 fully saturated rings. The third-order valence-corrected chi connectivity index (χ3v) is 9.75. The van der Waals surface area contributed by atoms with E-state index >= 15 is 0 Å². The number of aromatic nitrogens is 1. The third-order valence-electron chi connectivity index (χ3n) is 9.01. The van der Waals surface area contributed by atoms with Gasteiger partial charge in [-0.15, -0.1) is 0 Å². The average Bonchev–Trinajstić information content (AvgIpc) is 3.57. The Bertz CT molecular complexity index is 1280. The number of hydrogen-bond acceptors (Lipinski definition) is 4. The van der Waals surface area contributed by atoms with Crippen molar-refractivity contribution >= 4 is 40.8 Å². The van der Waals surface area contributed by atoms with Gasteiger partial charge in [0, 0.05) is 68.6 Å². The van der Waals surface area contributed by atoms with Crippen molar-refractivity contribution in [3.63, 3.8) is 0 Å². The molecule has 2 aliphatic heterocycles. The van der Waals surface area contributed by atoms with E-state index in [1.165, 1.54) is 6.07 Å². The molecule has 2 aromatic rings. The molecule has 0 N–H and O–H groups in total. The number of amides is 2. The highest BCUT2D eigenvalue weighted by atomic mass is 35.5. The fraction of sp³-hybridized carbons (Fsp3) is 0.567. The molecule has 0 radical (unpaired) electrons. The minimum absolute atomic E-state index is 0.00304. The summed E-state index contributed by atoms with van der Waals surface area (Å²) in [6, 6.07) is 7.96. The number of piperidine rings is 1. The highest BCUT2D eigenvalue weighted by molar-refractivity contribution is 6.42. The summed E-state index contributed by atoms with van der Waals surface area (Å²) >= 11 is 12.5. The summed E-state index contributed by atoms with van der Waals surface area (Å²) in [6.07, 6.45) is -0.419. The molecule has 222 valence electrons. The van der Waals surface area contributed by atoms with Gasteiger partial charge in [0.1, 0.15) is 5.82 Å². The van der Waals surface area contributed by atoms with Crippen molar-refractivity contribution in [2.45, 2.75) is 51.6 Å². The zero-order chi connectivity index (χ0) is 29.5. The number of nitrogens with zero attached hydrogens (tertiary/aromatic N) is 4. The van der Waals surface area contributed by atoms with Crippen molar-refractivity contribution in [3.8, 4) is 0 Å². The van der Waals surface area contributed by atoms with Crippen LogP contribution in [0.4, 0.5) is 19.0 Å². The number of pyridine rings is 1. The molecule has 6 nitrogen and oxygen atoms in total. The van der Waals surface area contributed by atoms with Crippen LogP contribution in [0, 0.1) is 17.3 Å². The van der Waals surface area contributed by atoms with Crippen LogP contribution in [0.5, 0.6) is 0 Å². The van der Waals surface area contributed by atoms with E-state index in [9.17, 15) is 22.8 Å². The maximum Gasteiger partial charge on any atom is 0.417 e. The molecule has 2 saturated heterocycles. The van der Waals surface area contributed by atoms with E-state index < -0.39 is 11.7 Å². The maximum absolute atomic E-state index is 13.7. The number of carbonyl (C=O) groups is 2. The quantitative estimate of drug-likeness (QED) is 0.358. The maximum atomic E-state index is 13.7. The molecule has 1 aliphatic carbocycles. The zero-order valence-corrected chi connectivity index (χ0v) is 24.8. The van der Waals surface area contributed by atoms with Crippen LogP contribution in [0.2, 0.25) is 10.0 Å². The first-order valence-corrected chi connectivity index (χ1v) is 15.0. The van der Waals surface area contributed by atoms with Crippen molar-refractivity contribution in [1.29, 1.82) is 0 Å². The van der Waals surface area contributed by atoms with Gasteiger partial charge in [0.2, 0.25) is 11.8 Å². The zero-order valence-electron chi connectivity index (χ0n) is 23.3. The van der Waals surface area contributed by atoms with Gasteiger partial charge in [-0.25, -0.2) is 4.98 Å². The van der Waals surface area contributed by atoms with Crippen LogP contribution in [-0.4, -0.2) is 65.9 Å². The largest absolute Gasteiger partial charge is 0.417 e. The molecule has 3 aliphatic rings. The van der Waals surface area contributed by atoms with E-state index in [1.807, 2.05) is 40.7 Å². The van der Waals surface area contributed by atoms with Crippen LogP contribution >= 0.6 is 23.2 Å². The first kappa shape index (κ1) is 30.0. The number of benzene rings is 1. The lowest BCUT2D eigenvalue weighted by Crippen LogP contribution is -2.46. The van der Waals surface area contributed by atoms with Gasteiger partial charge in [-0.1, -0.05) is 36.2 Å². The van der Waals surface area contributed by atoms with Crippen molar-refractivity contribution in [3.05, 3.63) is 57.7 Å². The normalized spacial score (nSPS) is 22.6. The topological polar surface area (TPSA) is 56.8 Å². The van der Waals surface area contributed by atoms with E-state index in [0.717, 1.165) is 30.7 Å². The first-order chi connectivity index (χ1) is 19.4. The standard InChI is InChI=1S/C30H35Cl2F3N4O2/c1-3-37(26-7-5-22(15-36-26)30(33,34)35)16-21-17-39(18-23(21)20-4-6-24(31)25(32)14-20)27(40)19-8-12-38(13-9-19)28(41)29(2)10-11-29/h4-7,14-15,19,21,23H,3,8-13,16-18H2,1-2H3/t21-,23+/m0/s1. The second-order valence-corrected chi connectivity index (χ2v) is 12.7. The summed E-state index contributed by atoms with van der Waals surface area (Å²) in [5.74, 6) is 0.585. The van der Waals surface area contributed by atoms with Gasteiger partial charge in [-0.05, 0) is 62.4 Å². The highest BCUT2D eigenvalue weighted by Gasteiger charge is 2.48. The summed E-state index contributed by atoms with van der Waals surface area (Å²) in [5, 5.41) is 0.884. The van der Waals surface area contributed by atoms with Crippen LogP contribution in [-0.2, 0) is 15.8 Å². The van der Waals surface area contributed by atoms with Crippen LogP contribution in [0.3, 0.4) is 0 Å². The van der Waals surface area contributed by atoms with Gasteiger partial charge < -0.3 is 14.7 Å². The number of halogens is 5. The molecule has 11 heteroatoms. The minimum atomic E-state index is -4.45. The van der Waals surface area contributed by atoms with E-state index in [2.05, 4.69) is 4.98 Å². The Morgan fingerprint density at radius 3 is 2.32 bits per heavy atom. The van der Waals surface area contributed by atoms with Crippen LogP contribution in [0.25, 0.3) is 0 Å². The van der Waals surface area contributed by atoms with Gasteiger partial charge in [0.15, 0.2) is 0 Å². The fourth-order valence-electron chi connectivity index (χ4n) is 6.14. The second kappa shape index (κ2) is 11.6. The van der Waals surface area contributed by atoms with Crippen molar-refractivity contribution in [1.82, 2.24) is 14.8 Å². The molecule has 1 aromatic heterocycles. The summed E-state index contributed by atoms with van der Waals surface area (Å²) in [4.78, 5) is 36.4. The molecule has 41 heavy (non-hydrogen) atoms. The molecule has 5 rings (SSSR count). The number of anilines is 1. The predicted molar refractivity (Wildman–Crippen MR) is 153 cm³/mol. The molecule has 0 unspecified atom stereocenters. The van der Waals surface area contributed by atoms with E-state index in [0.29, 0.717) is 68.0 Å². The van der Waals surface area contributed by atoms with Crippen LogP contribution in [0.15, 0.2) is 36.5 Å². The lowest BCUT2D eigenvalue weighted by atomic mass is 9.88. The smallest absolute Gasteiger partial charge is 0.357 e. The number of hydrogen-bond donors (Lipinski definition) is 0. The lowest BCUT2D eigenvalue weighted by molar-refractivity contribution is -0.142. The van der Waals surface area contributed by atoms with Crippen LogP contribution < -0.4 is 4.90 Å². The average molecular weight is 612 g/mol. The molecule has 0 spiro atoms. The fourth-order valence-corrected chi connectivity index (χ4v) is 6.44. The van der Waals surface area contributed by atoms with Gasteiger partial charge in [-0.2, -0.15) is 13.2 Å². The van der Waals surface area contributed by atoms with E-state index in [4.69, 9.17) is 23.2 Å². The molecule has 1 aromatic carbocycles. The number of alkyl halides is 3. The Morgan fingerprint density at radius 1 is 1.05 bits per heavy atom. The predicted octanol–water partition coefficient (Wildman–Crippen LogP) is 6.51. The molecule has 3 heterocycles. The van der Waals surface area contributed by atoms with Gasteiger partial charge in [0.05, 0.1) is 15.6 Å². The van der Waals surface area contributed by atoms with E-state index in [-0.39, 0.29) is 35.0 Å². The Hall–Kier alpha value is -2.52. The summed E-state index contributed by atoms with van der Waals surface area (Å²) in [5.41, 5.74) is -0.0315. The minimum Gasteiger partial charge on any atom is -0.357 e. The lowest BCUT2D eigenvalue weighted by Gasteiger charge is -2.34. The number of rotatable bonds is 7. The van der Waals surface area contributed by atoms with Gasteiger partial charge in [0.25, 0.3) is 0 Å². The summed E-state index contributed by atoms with van der Waals surface area (Å²) in [6.45, 7) is 7.22. The molecular formula is C30H35Cl2F3N4O2. The molecule has 1 saturated carbocycles. The van der Waals surface area contributed by atoms with Crippen molar-refractivity contribution < 1.29 is 22.8 Å². The Morgan fingerprint density at radius 2 is 1.76 bits per heavy atom. The molecule has 2 atom stereocenters. The first-order valence-electron chi connectivity index (χ1n) is 14.2. The van der Waals surface area contributed by atoms with Gasteiger partial charge >= 0.3 is 6.18 Å². The van der Waals surface area contributed by atoms with E-state index in [1.54, 1.807) is 6.07 Å². The second-order valence-electron chi connectivity index (χ2n) is 11.9. The van der Waals surface area contributed by atoms with Crippen LogP contribution in [0.1, 0.15) is 56.6 Å². The summed E-state index contributed by atoms with van der Waals surface area (Å²) < 4.78 is 39.3. The monoisotopic (exact) mass is 610 g/mol. The number of likely N-dealkylation sites (tertiary alicyclic amines) is 2. The molecule has 0 bridgehead atoms. The van der Waals surface area contributed by atoms with Gasteiger partial charge in [-0.3, -0.25) is 9.59 Å². The summed E-state index contributed by atoms with van der Waals surface area (Å²) in [7, 11) is 0.